The molecule has 3 rings (SSSR count). The molecule has 0 aliphatic heterocycles. The number of carboxylic acids is 1. The van der Waals surface area contributed by atoms with Crippen LogP contribution < -0.4 is 14.2 Å². The highest BCUT2D eigenvalue weighted by atomic mass is 28.4. The zero-order chi connectivity index (χ0) is 31.8. The molecule has 0 bridgehead atoms. The van der Waals surface area contributed by atoms with E-state index in [4.69, 9.17) is 28.4 Å². The van der Waals surface area contributed by atoms with E-state index in [-0.39, 0.29) is 11.5 Å². The minimum Gasteiger partial charge on any atom is -0.496 e. The van der Waals surface area contributed by atoms with Gasteiger partial charge in [-0.05, 0) is 60.8 Å². The van der Waals surface area contributed by atoms with Gasteiger partial charge in [-0.2, -0.15) is 0 Å². The average Bonchev–Trinajstić information content (AvgIpc) is 2.96. The summed E-state index contributed by atoms with van der Waals surface area (Å²) in [5, 5.41) is 9.28. The first-order valence-corrected chi connectivity index (χ1v) is 17.5. The normalized spacial score (nSPS) is 13.3. The minimum atomic E-state index is -2.32. The molecule has 0 aliphatic rings. The molecule has 1 unspecified atom stereocenters. The van der Waals surface area contributed by atoms with Crippen molar-refractivity contribution in [1.29, 1.82) is 0 Å². The number of aromatic nitrogens is 1. The number of aliphatic carboxylic acids is 1. The van der Waals surface area contributed by atoms with Crippen molar-refractivity contribution in [3.05, 3.63) is 82.5 Å². The number of methoxy groups -OCH3 is 3. The van der Waals surface area contributed by atoms with Crippen LogP contribution in [0, 0.1) is 6.92 Å². The van der Waals surface area contributed by atoms with Crippen molar-refractivity contribution >= 4 is 14.3 Å². The van der Waals surface area contributed by atoms with Gasteiger partial charge in [0.05, 0.1) is 46.6 Å². The van der Waals surface area contributed by atoms with Crippen LogP contribution in [0.1, 0.15) is 54.8 Å². The summed E-state index contributed by atoms with van der Waals surface area (Å²) in [6.45, 7) is 13.5. The number of ether oxygens (including phenoxy) is 4. The summed E-state index contributed by atoms with van der Waals surface area (Å²) < 4.78 is 30.8. The minimum absolute atomic E-state index is 0.0569. The standard InChI is InChI=1S/C34H47NO7Si/c1-23-28(38-5)19-26(20-29(23)39-6)32(42-43(8,9)34(2,3)4)30(41-18-17-24-13-11-10-12-14-24)22-27-16-15-25(21-31(36)37)33(35-27)40-7/h10-16,19-20,30,32H,17-18,21-22H2,1-9H3,(H,36,37)/t30-,32?/m0/s1. The fraction of sp³-hybridized carbons (Fsp3) is 0.471. The Kier molecular flexibility index (Phi) is 11.8. The number of carbonyl (C=O) groups is 1. The van der Waals surface area contributed by atoms with Crippen LogP contribution in [0.25, 0.3) is 0 Å². The predicted molar refractivity (Wildman–Crippen MR) is 171 cm³/mol. The number of hydrogen-bond donors (Lipinski definition) is 1. The smallest absolute Gasteiger partial charge is 0.308 e. The Bertz CT molecular complexity index is 1330. The summed E-state index contributed by atoms with van der Waals surface area (Å²) in [6.07, 6.45) is 0.0760. The Hall–Kier alpha value is -3.40. The molecule has 0 spiro atoms. The van der Waals surface area contributed by atoms with Gasteiger partial charge in [0.1, 0.15) is 11.5 Å². The molecule has 0 aliphatic carbocycles. The first-order valence-electron chi connectivity index (χ1n) is 14.6. The number of carboxylic acid groups (broad SMARTS) is 1. The lowest BCUT2D eigenvalue weighted by molar-refractivity contribution is -0.136. The molecule has 0 radical (unpaired) electrons. The number of rotatable bonds is 15. The summed E-state index contributed by atoms with van der Waals surface area (Å²) in [4.78, 5) is 16.1. The van der Waals surface area contributed by atoms with Gasteiger partial charge in [-0.25, -0.2) is 4.98 Å². The van der Waals surface area contributed by atoms with Crippen LogP contribution in [0.5, 0.6) is 17.4 Å². The molecule has 9 heteroatoms. The third-order valence-corrected chi connectivity index (χ3v) is 12.6. The van der Waals surface area contributed by atoms with E-state index >= 15 is 0 Å². The molecule has 8 nitrogen and oxygen atoms in total. The third kappa shape index (κ3) is 9.05. The van der Waals surface area contributed by atoms with E-state index in [0.29, 0.717) is 41.7 Å². The van der Waals surface area contributed by atoms with Crippen LogP contribution in [-0.4, -0.2) is 58.4 Å². The molecule has 1 N–H and O–H groups in total. The summed E-state index contributed by atoms with van der Waals surface area (Å²) >= 11 is 0. The molecular formula is C34H47NO7Si. The van der Waals surface area contributed by atoms with Gasteiger partial charge in [0.2, 0.25) is 5.88 Å². The molecule has 0 fully saturated rings. The van der Waals surface area contributed by atoms with E-state index in [2.05, 4.69) is 46.0 Å². The van der Waals surface area contributed by atoms with E-state index in [9.17, 15) is 9.90 Å². The summed E-state index contributed by atoms with van der Waals surface area (Å²) in [6, 6.07) is 17.8. The fourth-order valence-corrected chi connectivity index (χ4v) is 5.93. The first kappa shape index (κ1) is 34.1. The second kappa shape index (κ2) is 14.9. The lowest BCUT2D eigenvalue weighted by Gasteiger charge is -2.41. The monoisotopic (exact) mass is 609 g/mol. The molecule has 1 aromatic heterocycles. The summed E-state index contributed by atoms with van der Waals surface area (Å²) in [5.41, 5.74) is 4.21. The van der Waals surface area contributed by atoms with Gasteiger partial charge in [0.25, 0.3) is 0 Å². The van der Waals surface area contributed by atoms with Crippen LogP contribution in [0.2, 0.25) is 18.1 Å². The zero-order valence-electron chi connectivity index (χ0n) is 27.0. The quantitative estimate of drug-likeness (QED) is 0.185. The predicted octanol–water partition coefficient (Wildman–Crippen LogP) is 6.98. The molecule has 234 valence electrons. The second-order valence-electron chi connectivity index (χ2n) is 12.2. The van der Waals surface area contributed by atoms with Crippen LogP contribution >= 0.6 is 0 Å². The van der Waals surface area contributed by atoms with Crippen molar-refractivity contribution < 1.29 is 33.3 Å². The second-order valence-corrected chi connectivity index (χ2v) is 17.0. The highest BCUT2D eigenvalue weighted by molar-refractivity contribution is 6.74. The topological polar surface area (TPSA) is 96.3 Å². The van der Waals surface area contributed by atoms with E-state index in [0.717, 1.165) is 17.5 Å². The van der Waals surface area contributed by atoms with Gasteiger partial charge >= 0.3 is 5.97 Å². The molecule has 3 aromatic rings. The van der Waals surface area contributed by atoms with E-state index < -0.39 is 26.5 Å². The van der Waals surface area contributed by atoms with Crippen molar-refractivity contribution in [2.45, 2.75) is 77.3 Å². The Morgan fingerprint density at radius 2 is 1.58 bits per heavy atom. The summed E-state index contributed by atoms with van der Waals surface area (Å²) in [7, 11) is 2.48. The van der Waals surface area contributed by atoms with Crippen molar-refractivity contribution in [2.75, 3.05) is 27.9 Å². The van der Waals surface area contributed by atoms with Gasteiger partial charge in [-0.15, -0.1) is 0 Å². The molecule has 0 saturated carbocycles. The largest absolute Gasteiger partial charge is 0.496 e. The maximum atomic E-state index is 11.4. The van der Waals surface area contributed by atoms with Gasteiger partial charge in [0, 0.05) is 23.2 Å². The Labute approximate surface area is 257 Å². The molecule has 2 atom stereocenters. The zero-order valence-corrected chi connectivity index (χ0v) is 28.0. The number of hydrogen-bond acceptors (Lipinski definition) is 7. The maximum Gasteiger partial charge on any atom is 0.308 e. The molecular weight excluding hydrogens is 562 g/mol. The first-order chi connectivity index (χ1) is 20.3. The summed E-state index contributed by atoms with van der Waals surface area (Å²) in [5.74, 6) is 0.765. The van der Waals surface area contributed by atoms with Crippen LogP contribution in [0.4, 0.5) is 0 Å². The van der Waals surface area contributed by atoms with E-state index in [1.165, 1.54) is 12.7 Å². The van der Waals surface area contributed by atoms with Gasteiger partial charge in [-0.1, -0.05) is 57.2 Å². The lowest BCUT2D eigenvalue weighted by Crippen LogP contribution is -2.45. The fourth-order valence-electron chi connectivity index (χ4n) is 4.65. The third-order valence-electron chi connectivity index (χ3n) is 8.18. The van der Waals surface area contributed by atoms with Crippen molar-refractivity contribution in [3.8, 4) is 17.4 Å². The molecule has 2 aromatic carbocycles. The average molecular weight is 610 g/mol. The number of pyridine rings is 1. The maximum absolute atomic E-state index is 11.4. The molecule has 1 heterocycles. The Morgan fingerprint density at radius 1 is 0.953 bits per heavy atom. The molecule has 0 amide bonds. The van der Waals surface area contributed by atoms with Gasteiger partial charge in [0.15, 0.2) is 8.32 Å². The highest BCUT2D eigenvalue weighted by Crippen LogP contribution is 2.43. The van der Waals surface area contributed by atoms with E-state index in [1.807, 2.05) is 43.3 Å². The van der Waals surface area contributed by atoms with Gasteiger partial charge < -0.3 is 28.5 Å². The number of benzene rings is 2. The van der Waals surface area contributed by atoms with Crippen LogP contribution in [-0.2, 0) is 33.2 Å². The van der Waals surface area contributed by atoms with E-state index in [1.54, 1.807) is 20.3 Å². The number of nitrogens with zero attached hydrogens (tertiary/aromatic N) is 1. The van der Waals surface area contributed by atoms with Crippen LogP contribution in [0.3, 0.4) is 0 Å². The lowest BCUT2D eigenvalue weighted by atomic mass is 9.98. The Balaban J connectivity index is 2.11. The molecule has 43 heavy (non-hydrogen) atoms. The highest BCUT2D eigenvalue weighted by Gasteiger charge is 2.42. The SMILES string of the molecule is COc1cc(C(O[Si](C)(C)C(C)(C)C)[C@H](Cc2ccc(CC(=O)O)c(OC)n2)OCCc2ccccc2)cc(OC)c1C. The molecule has 0 saturated heterocycles. The van der Waals surface area contributed by atoms with Crippen LogP contribution in [0.15, 0.2) is 54.6 Å². The van der Waals surface area contributed by atoms with Gasteiger partial charge in [-0.3, -0.25) is 4.79 Å². The van der Waals surface area contributed by atoms with Crippen molar-refractivity contribution in [3.63, 3.8) is 0 Å². The Morgan fingerprint density at radius 3 is 2.12 bits per heavy atom. The van der Waals surface area contributed by atoms with Crippen molar-refractivity contribution in [2.24, 2.45) is 0 Å². The van der Waals surface area contributed by atoms with Crippen molar-refractivity contribution in [1.82, 2.24) is 4.98 Å².